The van der Waals surface area contributed by atoms with Crippen molar-refractivity contribution in [1.82, 2.24) is 9.88 Å². The van der Waals surface area contributed by atoms with Crippen LogP contribution < -0.4 is 0 Å². The maximum atomic E-state index is 11.6. The molecule has 0 aliphatic carbocycles. The van der Waals surface area contributed by atoms with Crippen molar-refractivity contribution in [2.75, 3.05) is 11.9 Å². The lowest BCUT2D eigenvalue weighted by Crippen LogP contribution is -2.30. The summed E-state index contributed by atoms with van der Waals surface area (Å²) in [6.45, 7) is 3.31. The molecule has 0 radical (unpaired) electrons. The molecule has 0 unspecified atom stereocenters. The highest BCUT2D eigenvalue weighted by Crippen LogP contribution is 2.04. The van der Waals surface area contributed by atoms with E-state index in [1.807, 2.05) is 30.0 Å². The third-order valence-electron chi connectivity index (χ3n) is 2.12. The zero-order chi connectivity index (χ0) is 11.1. The van der Waals surface area contributed by atoms with Crippen LogP contribution in [0.2, 0.25) is 0 Å². The summed E-state index contributed by atoms with van der Waals surface area (Å²) < 4.78 is 0. The maximum absolute atomic E-state index is 11.6. The molecule has 0 saturated carbocycles. The van der Waals surface area contributed by atoms with Crippen LogP contribution in [0.25, 0.3) is 0 Å². The summed E-state index contributed by atoms with van der Waals surface area (Å²) >= 11 is 3.27. The second-order valence-corrected chi connectivity index (χ2v) is 3.96. The zero-order valence-corrected chi connectivity index (χ0v) is 10.4. The third-order valence-corrected chi connectivity index (χ3v) is 2.52. The van der Waals surface area contributed by atoms with Gasteiger partial charge in [-0.15, -0.1) is 0 Å². The smallest absolute Gasteiger partial charge is 0.223 e. The summed E-state index contributed by atoms with van der Waals surface area (Å²) in [6.07, 6.45) is 2.29. The molecule has 0 saturated heterocycles. The van der Waals surface area contributed by atoms with Crippen LogP contribution in [-0.4, -0.2) is 27.7 Å². The zero-order valence-electron chi connectivity index (χ0n) is 8.82. The Labute approximate surface area is 98.6 Å². The molecule has 1 heterocycles. The summed E-state index contributed by atoms with van der Waals surface area (Å²) in [5, 5.41) is 0.713. The van der Waals surface area contributed by atoms with Crippen molar-refractivity contribution in [3.05, 3.63) is 30.1 Å². The van der Waals surface area contributed by atoms with Gasteiger partial charge < -0.3 is 4.90 Å². The van der Waals surface area contributed by atoms with Crippen LogP contribution in [-0.2, 0) is 11.3 Å². The summed E-state index contributed by atoms with van der Waals surface area (Å²) in [6, 6.07) is 5.75. The van der Waals surface area contributed by atoms with Crippen molar-refractivity contribution in [2.24, 2.45) is 0 Å². The molecule has 0 spiro atoms. The molecule has 0 aliphatic rings. The van der Waals surface area contributed by atoms with E-state index in [0.29, 0.717) is 18.3 Å². The lowest BCUT2D eigenvalue weighted by Gasteiger charge is -2.19. The Morgan fingerprint density at radius 1 is 1.53 bits per heavy atom. The van der Waals surface area contributed by atoms with Gasteiger partial charge in [-0.25, -0.2) is 0 Å². The molecule has 1 aromatic heterocycles. The first-order valence-corrected chi connectivity index (χ1v) is 6.13. The van der Waals surface area contributed by atoms with E-state index in [2.05, 4.69) is 20.9 Å². The van der Waals surface area contributed by atoms with Crippen molar-refractivity contribution in [2.45, 2.75) is 19.9 Å². The van der Waals surface area contributed by atoms with Crippen molar-refractivity contribution >= 4 is 21.8 Å². The minimum Gasteiger partial charge on any atom is -0.337 e. The average molecular weight is 271 g/mol. The van der Waals surface area contributed by atoms with Gasteiger partial charge in [0, 0.05) is 24.5 Å². The van der Waals surface area contributed by atoms with Crippen molar-refractivity contribution in [1.29, 1.82) is 0 Å². The van der Waals surface area contributed by atoms with E-state index in [0.717, 1.165) is 12.2 Å². The summed E-state index contributed by atoms with van der Waals surface area (Å²) in [5.41, 5.74) is 0.933. The quantitative estimate of drug-likeness (QED) is 0.769. The molecule has 1 rings (SSSR count). The monoisotopic (exact) mass is 270 g/mol. The normalized spacial score (nSPS) is 10.0. The van der Waals surface area contributed by atoms with Gasteiger partial charge in [0.05, 0.1) is 12.2 Å². The fourth-order valence-corrected chi connectivity index (χ4v) is 1.64. The number of carbonyl (C=O) groups is 1. The van der Waals surface area contributed by atoms with Gasteiger partial charge in [0.15, 0.2) is 0 Å². The van der Waals surface area contributed by atoms with E-state index in [1.54, 1.807) is 6.20 Å². The molecule has 82 valence electrons. The SMILES string of the molecule is CCN(Cc1ccccn1)C(=O)CCBr. The number of alkyl halides is 1. The second-order valence-electron chi connectivity index (χ2n) is 3.17. The Hall–Kier alpha value is -0.900. The highest BCUT2D eigenvalue weighted by atomic mass is 79.9. The highest BCUT2D eigenvalue weighted by Gasteiger charge is 2.11. The molecule has 0 atom stereocenters. The number of rotatable bonds is 5. The fraction of sp³-hybridized carbons (Fsp3) is 0.455. The summed E-state index contributed by atoms with van der Waals surface area (Å²) in [4.78, 5) is 17.7. The largest absolute Gasteiger partial charge is 0.337 e. The molecule has 0 aliphatic heterocycles. The van der Waals surface area contributed by atoms with Crippen LogP contribution in [0.3, 0.4) is 0 Å². The molecule has 1 amide bonds. The van der Waals surface area contributed by atoms with Gasteiger partial charge in [-0.3, -0.25) is 9.78 Å². The Kier molecular flexibility index (Phi) is 5.32. The van der Waals surface area contributed by atoms with Crippen molar-refractivity contribution < 1.29 is 4.79 Å². The second kappa shape index (κ2) is 6.56. The van der Waals surface area contributed by atoms with Crippen LogP contribution in [0.15, 0.2) is 24.4 Å². The van der Waals surface area contributed by atoms with E-state index in [-0.39, 0.29) is 5.91 Å². The van der Waals surface area contributed by atoms with Crippen molar-refractivity contribution in [3.63, 3.8) is 0 Å². The first kappa shape index (κ1) is 12.2. The van der Waals surface area contributed by atoms with Gasteiger partial charge in [0.2, 0.25) is 5.91 Å². The van der Waals surface area contributed by atoms with Crippen LogP contribution >= 0.6 is 15.9 Å². The lowest BCUT2D eigenvalue weighted by molar-refractivity contribution is -0.131. The van der Waals surface area contributed by atoms with Gasteiger partial charge in [0.25, 0.3) is 0 Å². The summed E-state index contributed by atoms with van der Waals surface area (Å²) in [5.74, 6) is 0.167. The standard InChI is InChI=1S/C11H15BrN2O/c1-2-14(11(15)6-7-12)9-10-5-3-4-8-13-10/h3-5,8H,2,6-7,9H2,1H3. The predicted octanol–water partition coefficient (Wildman–Crippen LogP) is 2.22. The molecule has 0 bridgehead atoms. The van der Waals surface area contributed by atoms with Gasteiger partial charge in [-0.05, 0) is 19.1 Å². The van der Waals surface area contributed by atoms with Gasteiger partial charge >= 0.3 is 0 Å². The molecule has 0 aromatic carbocycles. The van der Waals surface area contributed by atoms with Crippen LogP contribution in [0.4, 0.5) is 0 Å². The molecule has 0 N–H and O–H groups in total. The Bertz CT molecular complexity index is 303. The molecule has 15 heavy (non-hydrogen) atoms. The number of hydrogen-bond acceptors (Lipinski definition) is 2. The van der Waals surface area contributed by atoms with Gasteiger partial charge in [-0.1, -0.05) is 22.0 Å². The van der Waals surface area contributed by atoms with E-state index in [1.165, 1.54) is 0 Å². The molecular weight excluding hydrogens is 256 g/mol. The predicted molar refractivity (Wildman–Crippen MR) is 63.7 cm³/mol. The minimum absolute atomic E-state index is 0.167. The number of aromatic nitrogens is 1. The average Bonchev–Trinajstić information content (AvgIpc) is 2.27. The molecule has 0 fully saturated rings. The van der Waals surface area contributed by atoms with E-state index in [4.69, 9.17) is 0 Å². The Balaban J connectivity index is 2.58. The first-order chi connectivity index (χ1) is 7.27. The molecule has 4 heteroatoms. The van der Waals surface area contributed by atoms with Crippen LogP contribution in [0.1, 0.15) is 19.0 Å². The molecule has 1 aromatic rings. The maximum Gasteiger partial charge on any atom is 0.223 e. The number of amides is 1. The van der Waals surface area contributed by atoms with Crippen LogP contribution in [0.5, 0.6) is 0 Å². The number of halogens is 1. The fourth-order valence-electron chi connectivity index (χ4n) is 1.30. The van der Waals surface area contributed by atoms with E-state index >= 15 is 0 Å². The molecular formula is C11H15BrN2O. The molecule has 3 nitrogen and oxygen atoms in total. The van der Waals surface area contributed by atoms with Crippen molar-refractivity contribution in [3.8, 4) is 0 Å². The summed E-state index contributed by atoms with van der Waals surface area (Å²) in [7, 11) is 0. The van der Waals surface area contributed by atoms with Gasteiger partial charge in [0.1, 0.15) is 0 Å². The third kappa shape index (κ3) is 4.00. The lowest BCUT2D eigenvalue weighted by atomic mass is 10.3. The van der Waals surface area contributed by atoms with Gasteiger partial charge in [-0.2, -0.15) is 0 Å². The van der Waals surface area contributed by atoms with E-state index < -0.39 is 0 Å². The number of pyridine rings is 1. The topological polar surface area (TPSA) is 33.2 Å². The Morgan fingerprint density at radius 3 is 2.87 bits per heavy atom. The van der Waals surface area contributed by atoms with Crippen LogP contribution in [0, 0.1) is 0 Å². The number of nitrogens with zero attached hydrogens (tertiary/aromatic N) is 2. The van der Waals surface area contributed by atoms with E-state index in [9.17, 15) is 4.79 Å². The Morgan fingerprint density at radius 2 is 2.33 bits per heavy atom. The highest BCUT2D eigenvalue weighted by molar-refractivity contribution is 9.09. The first-order valence-electron chi connectivity index (χ1n) is 5.01. The number of carbonyl (C=O) groups excluding carboxylic acids is 1. The number of hydrogen-bond donors (Lipinski definition) is 0. The minimum atomic E-state index is 0.167.